The van der Waals surface area contributed by atoms with Gasteiger partial charge >= 0.3 is 0 Å². The highest BCUT2D eigenvalue weighted by molar-refractivity contribution is 6.06. The van der Waals surface area contributed by atoms with Crippen LogP contribution in [0, 0.1) is 6.92 Å². The van der Waals surface area contributed by atoms with Crippen molar-refractivity contribution < 1.29 is 19.1 Å². The molecule has 0 saturated carbocycles. The standard InChI is InChI=1S/C16H23N3O4/c1-8(2)12-6-5-11(7-9(12)3)23-10(4)16(22)19-13(14(17)20)15(18)21/h5-8,10,13H,1-4H3,(H2,17,20)(H2,18,21)(H,19,22). The monoisotopic (exact) mass is 321 g/mol. The third-order valence-corrected chi connectivity index (χ3v) is 3.40. The molecular formula is C16H23N3O4. The van der Waals surface area contributed by atoms with Crippen LogP contribution in [0.5, 0.6) is 5.75 Å². The summed E-state index contributed by atoms with van der Waals surface area (Å²) in [6.07, 6.45) is -0.916. The molecule has 0 fully saturated rings. The lowest BCUT2D eigenvalue weighted by molar-refractivity contribution is -0.136. The fraction of sp³-hybridized carbons (Fsp3) is 0.438. The molecule has 1 aromatic carbocycles. The maximum absolute atomic E-state index is 12.0. The number of aryl methyl sites for hydroxylation is 1. The van der Waals surface area contributed by atoms with E-state index in [0.717, 1.165) is 5.56 Å². The summed E-state index contributed by atoms with van der Waals surface area (Å²) in [4.78, 5) is 34.1. The molecule has 0 heterocycles. The summed E-state index contributed by atoms with van der Waals surface area (Å²) < 4.78 is 5.54. The third-order valence-electron chi connectivity index (χ3n) is 3.40. The second-order valence-corrected chi connectivity index (χ2v) is 5.68. The van der Waals surface area contributed by atoms with Crippen LogP contribution in [-0.2, 0) is 14.4 Å². The van der Waals surface area contributed by atoms with Gasteiger partial charge in [0, 0.05) is 0 Å². The van der Waals surface area contributed by atoms with Crippen LogP contribution in [0.25, 0.3) is 0 Å². The first kappa shape index (κ1) is 18.5. The highest BCUT2D eigenvalue weighted by Crippen LogP contribution is 2.24. The number of rotatable bonds is 7. The van der Waals surface area contributed by atoms with E-state index in [0.29, 0.717) is 11.7 Å². The summed E-state index contributed by atoms with van der Waals surface area (Å²) in [5.41, 5.74) is 12.3. The smallest absolute Gasteiger partial charge is 0.261 e. The molecule has 1 aromatic rings. The molecule has 0 saturated heterocycles. The van der Waals surface area contributed by atoms with Gasteiger partial charge in [0.25, 0.3) is 5.91 Å². The van der Waals surface area contributed by atoms with Gasteiger partial charge in [-0.1, -0.05) is 19.9 Å². The van der Waals surface area contributed by atoms with Crippen molar-refractivity contribution >= 4 is 17.7 Å². The van der Waals surface area contributed by atoms with Crippen LogP contribution in [0.2, 0.25) is 0 Å². The Bertz CT molecular complexity index is 599. The highest BCUT2D eigenvalue weighted by Gasteiger charge is 2.26. The summed E-state index contributed by atoms with van der Waals surface area (Å²) >= 11 is 0. The minimum Gasteiger partial charge on any atom is -0.481 e. The van der Waals surface area contributed by atoms with Crippen LogP contribution in [0.15, 0.2) is 18.2 Å². The number of nitrogens with one attached hydrogen (secondary N) is 1. The molecular weight excluding hydrogens is 298 g/mol. The first-order chi connectivity index (χ1) is 10.6. The molecule has 3 amide bonds. The van der Waals surface area contributed by atoms with E-state index in [1.165, 1.54) is 12.5 Å². The minimum atomic E-state index is -1.56. The van der Waals surface area contributed by atoms with E-state index in [1.807, 2.05) is 19.1 Å². The number of carbonyl (C=O) groups is 3. The predicted octanol–water partition coefficient (Wildman–Crippen LogP) is 0.341. The van der Waals surface area contributed by atoms with Gasteiger partial charge in [-0.3, -0.25) is 14.4 Å². The van der Waals surface area contributed by atoms with Crippen molar-refractivity contribution in [3.63, 3.8) is 0 Å². The summed E-state index contributed by atoms with van der Waals surface area (Å²) in [6.45, 7) is 7.64. The maximum atomic E-state index is 12.0. The van der Waals surface area contributed by atoms with Gasteiger partial charge in [-0.2, -0.15) is 0 Å². The third kappa shape index (κ3) is 4.98. The number of nitrogens with two attached hydrogens (primary N) is 2. The van der Waals surface area contributed by atoms with E-state index in [-0.39, 0.29) is 0 Å². The van der Waals surface area contributed by atoms with E-state index in [1.54, 1.807) is 6.07 Å². The SMILES string of the molecule is Cc1cc(OC(C)C(=O)NC(C(N)=O)C(N)=O)ccc1C(C)C. The molecule has 7 nitrogen and oxygen atoms in total. The Balaban J connectivity index is 2.77. The van der Waals surface area contributed by atoms with E-state index in [9.17, 15) is 14.4 Å². The van der Waals surface area contributed by atoms with Crippen molar-refractivity contribution in [1.29, 1.82) is 0 Å². The van der Waals surface area contributed by atoms with Crippen LogP contribution in [0.1, 0.15) is 37.8 Å². The van der Waals surface area contributed by atoms with Gasteiger partial charge in [0.05, 0.1) is 0 Å². The molecule has 0 aliphatic carbocycles. The number of hydrogen-bond acceptors (Lipinski definition) is 4. The number of benzene rings is 1. The quantitative estimate of drug-likeness (QED) is 0.626. The Hall–Kier alpha value is -2.57. The molecule has 0 aliphatic heterocycles. The van der Waals surface area contributed by atoms with Gasteiger partial charge in [-0.15, -0.1) is 0 Å². The van der Waals surface area contributed by atoms with Crippen molar-refractivity contribution in [3.05, 3.63) is 29.3 Å². The van der Waals surface area contributed by atoms with Gasteiger partial charge < -0.3 is 21.5 Å². The van der Waals surface area contributed by atoms with Crippen molar-refractivity contribution in [2.24, 2.45) is 11.5 Å². The van der Waals surface area contributed by atoms with E-state index in [2.05, 4.69) is 19.2 Å². The lowest BCUT2D eigenvalue weighted by Crippen LogP contribution is -2.55. The van der Waals surface area contributed by atoms with Crippen molar-refractivity contribution in [1.82, 2.24) is 5.32 Å². The van der Waals surface area contributed by atoms with E-state index >= 15 is 0 Å². The van der Waals surface area contributed by atoms with Crippen LogP contribution in [0.4, 0.5) is 0 Å². The Morgan fingerprint density at radius 1 is 1.09 bits per heavy atom. The van der Waals surface area contributed by atoms with E-state index in [4.69, 9.17) is 16.2 Å². The molecule has 23 heavy (non-hydrogen) atoms. The molecule has 0 aromatic heterocycles. The molecule has 0 bridgehead atoms. The van der Waals surface area contributed by atoms with Crippen LogP contribution in [0.3, 0.4) is 0 Å². The number of ether oxygens (including phenoxy) is 1. The van der Waals surface area contributed by atoms with Crippen molar-refractivity contribution in [3.8, 4) is 5.75 Å². The molecule has 1 rings (SSSR count). The fourth-order valence-electron chi connectivity index (χ4n) is 2.17. The first-order valence-corrected chi connectivity index (χ1v) is 7.29. The Morgan fingerprint density at radius 3 is 2.09 bits per heavy atom. The highest BCUT2D eigenvalue weighted by atomic mass is 16.5. The van der Waals surface area contributed by atoms with Gasteiger partial charge in [0.15, 0.2) is 12.1 Å². The molecule has 5 N–H and O–H groups in total. The minimum absolute atomic E-state index is 0.386. The molecule has 1 atom stereocenters. The molecule has 0 radical (unpaired) electrons. The van der Waals surface area contributed by atoms with Crippen molar-refractivity contribution in [2.45, 2.75) is 45.8 Å². The Kier molecular flexibility index (Phi) is 6.12. The summed E-state index contributed by atoms with van der Waals surface area (Å²) in [5.74, 6) is -1.79. The Labute approximate surface area is 135 Å². The van der Waals surface area contributed by atoms with Crippen LogP contribution in [-0.4, -0.2) is 29.9 Å². The molecule has 7 heteroatoms. The number of carbonyl (C=O) groups excluding carboxylic acids is 3. The molecule has 0 aliphatic rings. The van der Waals surface area contributed by atoms with Gasteiger partial charge in [0.1, 0.15) is 5.75 Å². The van der Waals surface area contributed by atoms with E-state index < -0.39 is 29.9 Å². The predicted molar refractivity (Wildman–Crippen MR) is 85.7 cm³/mol. The second kappa shape index (κ2) is 7.62. The lowest BCUT2D eigenvalue weighted by Gasteiger charge is -2.18. The fourth-order valence-corrected chi connectivity index (χ4v) is 2.17. The summed E-state index contributed by atoms with van der Waals surface area (Å²) in [6, 6.07) is 3.98. The van der Waals surface area contributed by atoms with Gasteiger partial charge in [0.2, 0.25) is 11.8 Å². The maximum Gasteiger partial charge on any atom is 0.261 e. The van der Waals surface area contributed by atoms with Gasteiger partial charge in [-0.25, -0.2) is 0 Å². The Morgan fingerprint density at radius 2 is 1.65 bits per heavy atom. The van der Waals surface area contributed by atoms with Crippen molar-refractivity contribution in [2.75, 3.05) is 0 Å². The average Bonchev–Trinajstić information content (AvgIpc) is 2.43. The number of amides is 3. The zero-order chi connectivity index (χ0) is 17.7. The summed E-state index contributed by atoms with van der Waals surface area (Å²) in [5, 5.41) is 2.17. The summed E-state index contributed by atoms with van der Waals surface area (Å²) in [7, 11) is 0. The van der Waals surface area contributed by atoms with Gasteiger partial charge in [-0.05, 0) is 43.0 Å². The zero-order valence-electron chi connectivity index (χ0n) is 13.8. The number of hydrogen-bond donors (Lipinski definition) is 3. The number of primary amides is 2. The molecule has 1 unspecified atom stereocenters. The molecule has 126 valence electrons. The van der Waals surface area contributed by atoms with Crippen LogP contribution >= 0.6 is 0 Å². The normalized spacial score (nSPS) is 12.1. The zero-order valence-corrected chi connectivity index (χ0v) is 13.8. The van der Waals surface area contributed by atoms with Crippen LogP contribution < -0.4 is 21.5 Å². The largest absolute Gasteiger partial charge is 0.481 e. The average molecular weight is 321 g/mol. The lowest BCUT2D eigenvalue weighted by atomic mass is 9.98. The second-order valence-electron chi connectivity index (χ2n) is 5.68. The first-order valence-electron chi connectivity index (χ1n) is 7.29. The molecule has 0 spiro atoms. The topological polar surface area (TPSA) is 125 Å².